The van der Waals surface area contributed by atoms with Crippen LogP contribution >= 0.6 is 0 Å². The zero-order chi connectivity index (χ0) is 36.1. The SMILES string of the molecule is C=C[C@@H]1C[C@]1(NC(=O)[C@@H]1C[C@@H]2CN1C(=O)[C@H](C(C)(C)C)NC(=O)OCCCCC/C=C/c1cccc(c1)C#CCO2)C(=O)NS(=O)(=O)C1CC1. The van der Waals surface area contributed by atoms with Gasteiger partial charge in [-0.1, -0.05) is 63.0 Å². The van der Waals surface area contributed by atoms with Gasteiger partial charge in [-0.2, -0.15) is 0 Å². The molecule has 5 atom stereocenters. The number of hydrogen-bond donors (Lipinski definition) is 3. The summed E-state index contributed by atoms with van der Waals surface area (Å²) in [4.78, 5) is 56.0. The van der Waals surface area contributed by atoms with Gasteiger partial charge in [-0.3, -0.25) is 19.1 Å². The van der Waals surface area contributed by atoms with Gasteiger partial charge in [0.25, 0.3) is 5.91 Å². The van der Waals surface area contributed by atoms with E-state index in [0.717, 1.165) is 30.4 Å². The molecule has 0 spiro atoms. The van der Waals surface area contributed by atoms with E-state index in [1.165, 1.54) is 11.0 Å². The second-order valence-electron chi connectivity index (χ2n) is 14.6. The number of nitrogens with zero attached hydrogens (tertiary/aromatic N) is 1. The zero-order valence-electron chi connectivity index (χ0n) is 29.0. The maximum atomic E-state index is 14.3. The van der Waals surface area contributed by atoms with Crippen molar-refractivity contribution in [3.8, 4) is 11.8 Å². The maximum Gasteiger partial charge on any atom is 0.407 e. The highest BCUT2D eigenvalue weighted by Crippen LogP contribution is 2.45. The predicted molar refractivity (Wildman–Crippen MR) is 188 cm³/mol. The smallest absolute Gasteiger partial charge is 0.407 e. The molecule has 270 valence electrons. The van der Waals surface area contributed by atoms with Gasteiger partial charge in [0.15, 0.2) is 0 Å². The molecule has 13 heteroatoms. The van der Waals surface area contributed by atoms with Crippen LogP contribution in [0.2, 0.25) is 0 Å². The van der Waals surface area contributed by atoms with Gasteiger partial charge >= 0.3 is 6.09 Å². The van der Waals surface area contributed by atoms with E-state index in [2.05, 4.69) is 45.9 Å². The molecule has 1 aromatic carbocycles. The maximum absolute atomic E-state index is 14.3. The second kappa shape index (κ2) is 15.4. The van der Waals surface area contributed by atoms with Crippen LogP contribution in [0.3, 0.4) is 0 Å². The molecule has 2 aliphatic heterocycles. The molecule has 0 aromatic heterocycles. The monoisotopic (exact) mass is 708 g/mol. The van der Waals surface area contributed by atoms with Crippen LogP contribution in [0.15, 0.2) is 43.0 Å². The number of benzene rings is 1. The molecule has 5 rings (SSSR count). The van der Waals surface area contributed by atoms with Crippen molar-refractivity contribution in [1.82, 2.24) is 20.3 Å². The van der Waals surface area contributed by atoms with Crippen LogP contribution in [0.5, 0.6) is 0 Å². The first kappa shape index (κ1) is 37.1. The topological polar surface area (TPSA) is 160 Å². The third-order valence-electron chi connectivity index (χ3n) is 9.54. The van der Waals surface area contributed by atoms with Crippen LogP contribution < -0.4 is 15.4 Å². The molecular weight excluding hydrogens is 660 g/mol. The lowest BCUT2D eigenvalue weighted by molar-refractivity contribution is -0.143. The van der Waals surface area contributed by atoms with Gasteiger partial charge in [-0.25, -0.2) is 13.2 Å². The highest BCUT2D eigenvalue weighted by atomic mass is 32.2. The third kappa shape index (κ3) is 9.14. The van der Waals surface area contributed by atoms with E-state index >= 15 is 0 Å². The first-order valence-corrected chi connectivity index (χ1v) is 18.9. The molecule has 4 aliphatic rings. The predicted octanol–water partition coefficient (Wildman–Crippen LogP) is 3.42. The molecule has 1 saturated heterocycles. The highest BCUT2D eigenvalue weighted by Gasteiger charge is 2.62. The Hall–Kier alpha value is -4.15. The molecule has 4 amide bonds. The fourth-order valence-corrected chi connectivity index (χ4v) is 7.71. The molecule has 2 aliphatic carbocycles. The van der Waals surface area contributed by atoms with Crippen LogP contribution in [0.25, 0.3) is 6.08 Å². The Morgan fingerprint density at radius 3 is 2.64 bits per heavy atom. The van der Waals surface area contributed by atoms with Crippen LogP contribution in [-0.2, 0) is 33.9 Å². The number of amides is 4. The number of hydrogen-bond acceptors (Lipinski definition) is 8. The van der Waals surface area contributed by atoms with Crippen molar-refractivity contribution in [2.75, 3.05) is 19.8 Å². The Balaban J connectivity index is 1.39. The number of nitrogens with one attached hydrogen (secondary N) is 3. The van der Waals surface area contributed by atoms with Crippen molar-refractivity contribution < 1.29 is 37.1 Å². The van der Waals surface area contributed by atoms with Gasteiger partial charge in [0.05, 0.1) is 18.0 Å². The number of alkyl carbamates (subject to hydrolysis) is 1. The summed E-state index contributed by atoms with van der Waals surface area (Å²) in [5.41, 5.74) is -0.430. The van der Waals surface area contributed by atoms with Gasteiger partial charge in [0, 0.05) is 24.4 Å². The van der Waals surface area contributed by atoms with Crippen LogP contribution in [0.4, 0.5) is 4.79 Å². The van der Waals surface area contributed by atoms with Crippen molar-refractivity contribution in [1.29, 1.82) is 0 Å². The highest BCUT2D eigenvalue weighted by molar-refractivity contribution is 7.91. The number of rotatable bonds is 6. The first-order chi connectivity index (χ1) is 23.7. The fraction of sp³-hybridized carbons (Fsp3) is 0.568. The van der Waals surface area contributed by atoms with Crippen LogP contribution in [0, 0.1) is 23.2 Å². The lowest BCUT2D eigenvalue weighted by Crippen LogP contribution is -2.60. The molecule has 3 N–H and O–H groups in total. The van der Waals surface area contributed by atoms with Gasteiger partial charge in [0.1, 0.15) is 24.2 Å². The summed E-state index contributed by atoms with van der Waals surface area (Å²) in [6.07, 6.45) is 8.88. The van der Waals surface area contributed by atoms with Crippen molar-refractivity contribution >= 4 is 39.9 Å². The largest absolute Gasteiger partial charge is 0.450 e. The van der Waals surface area contributed by atoms with Crippen LogP contribution in [0.1, 0.15) is 83.3 Å². The number of allylic oxidation sites excluding steroid dienone is 1. The Morgan fingerprint density at radius 1 is 1.16 bits per heavy atom. The van der Waals surface area contributed by atoms with Crippen molar-refractivity contribution in [3.63, 3.8) is 0 Å². The second-order valence-corrected chi connectivity index (χ2v) is 16.6. The molecule has 3 fully saturated rings. The van der Waals surface area contributed by atoms with Crippen molar-refractivity contribution in [2.45, 2.75) is 101 Å². The summed E-state index contributed by atoms with van der Waals surface area (Å²) < 4.78 is 38.9. The molecule has 1 aromatic rings. The molecule has 0 unspecified atom stereocenters. The fourth-order valence-electron chi connectivity index (χ4n) is 6.35. The van der Waals surface area contributed by atoms with Crippen LogP contribution in [-0.4, -0.2) is 85.9 Å². The number of fused-ring (bicyclic) bond motifs is 4. The summed E-state index contributed by atoms with van der Waals surface area (Å²) in [5, 5.41) is 4.88. The average Bonchev–Trinajstić information content (AvgIpc) is 3.99. The molecule has 12 nitrogen and oxygen atoms in total. The molecule has 2 heterocycles. The lowest BCUT2D eigenvalue weighted by atomic mass is 9.85. The standard InChI is InChI=1S/C37H48N4O8S/c1-5-27-23-37(27,34(44)40-50(46,47)29-17-18-29)39-32(42)30-22-28-24-41(30)33(43)31(36(2,3)4)38-35(45)49-19-10-8-6-7-9-13-25-14-11-15-26(21-25)16-12-20-48-28/h5,9,11,13-15,21,27-31H,1,6-8,10,17-20,22-24H2,2-4H3,(H,38,45)(H,39,42)(H,40,44)/b13-9+/t27-,28-,30+,31-,37-/m1/s1. The minimum atomic E-state index is -3.87. The average molecular weight is 709 g/mol. The van der Waals surface area contributed by atoms with Gasteiger partial charge in [0.2, 0.25) is 21.8 Å². The molecule has 2 saturated carbocycles. The lowest BCUT2D eigenvalue weighted by Gasteiger charge is -2.35. The van der Waals surface area contributed by atoms with E-state index in [0.29, 0.717) is 19.3 Å². The summed E-state index contributed by atoms with van der Waals surface area (Å²) in [7, 11) is -3.87. The third-order valence-corrected chi connectivity index (χ3v) is 11.4. The minimum Gasteiger partial charge on any atom is -0.450 e. The summed E-state index contributed by atoms with van der Waals surface area (Å²) >= 11 is 0. The molecule has 4 bridgehead atoms. The molecule has 0 radical (unpaired) electrons. The van der Waals surface area contributed by atoms with Gasteiger partial charge < -0.3 is 25.0 Å². The zero-order valence-corrected chi connectivity index (χ0v) is 29.9. The quantitative estimate of drug-likeness (QED) is 0.300. The summed E-state index contributed by atoms with van der Waals surface area (Å²) in [6, 6.07) is 5.71. The normalized spacial score (nSPS) is 28.7. The number of sulfonamides is 1. The minimum absolute atomic E-state index is 0.0301. The van der Waals surface area contributed by atoms with Gasteiger partial charge in [-0.05, 0) is 68.1 Å². The summed E-state index contributed by atoms with van der Waals surface area (Å²) in [6.45, 7) is 9.42. The van der Waals surface area contributed by atoms with E-state index < -0.39 is 74.1 Å². The Bertz CT molecular complexity index is 1690. The van der Waals surface area contributed by atoms with E-state index in [4.69, 9.17) is 9.47 Å². The Kier molecular flexibility index (Phi) is 11.4. The van der Waals surface area contributed by atoms with Gasteiger partial charge in [-0.15, -0.1) is 6.58 Å². The van der Waals surface area contributed by atoms with E-state index in [-0.39, 0.29) is 32.6 Å². The Labute approximate surface area is 294 Å². The molecular formula is C37H48N4O8S. The van der Waals surface area contributed by atoms with E-state index in [1.54, 1.807) is 20.8 Å². The van der Waals surface area contributed by atoms with Crippen molar-refractivity contribution in [3.05, 3.63) is 54.1 Å². The van der Waals surface area contributed by atoms with E-state index in [9.17, 15) is 27.6 Å². The Morgan fingerprint density at radius 2 is 1.94 bits per heavy atom. The van der Waals surface area contributed by atoms with Crippen molar-refractivity contribution in [2.24, 2.45) is 11.3 Å². The number of carbonyl (C=O) groups excluding carboxylic acids is 4. The number of carbonyl (C=O) groups is 4. The number of ether oxygens (including phenoxy) is 2. The first-order valence-electron chi connectivity index (χ1n) is 17.3. The summed E-state index contributed by atoms with van der Waals surface area (Å²) in [5.74, 6) is 3.68. The molecule has 50 heavy (non-hydrogen) atoms. The number of cyclic esters (lactones) is 1. The van der Waals surface area contributed by atoms with E-state index in [1.807, 2.05) is 24.3 Å².